The average molecular weight is 374 g/mol. The topological polar surface area (TPSA) is 38.8 Å². The van der Waals surface area contributed by atoms with Gasteiger partial charge in [-0.3, -0.25) is 4.79 Å². The number of hydrogen-bond donors (Lipinski definition) is 0. The van der Waals surface area contributed by atoms with Crippen LogP contribution in [0.1, 0.15) is 76.2 Å². The van der Waals surface area contributed by atoms with Crippen LogP contribution in [-0.2, 0) is 11.2 Å². The van der Waals surface area contributed by atoms with Crippen molar-refractivity contribution < 1.29 is 14.3 Å². The Hall–Kier alpha value is -1.71. The lowest BCUT2D eigenvalue weighted by Crippen LogP contribution is -2.48. The number of nitrogens with zero attached hydrogens (tertiary/aromatic N) is 1. The summed E-state index contributed by atoms with van der Waals surface area (Å²) < 4.78 is 10.7. The van der Waals surface area contributed by atoms with Crippen LogP contribution in [0.5, 0.6) is 11.5 Å². The van der Waals surface area contributed by atoms with Crippen LogP contribution >= 0.6 is 0 Å². The largest absolute Gasteiger partial charge is 0.493 e. The van der Waals surface area contributed by atoms with Gasteiger partial charge in [0.15, 0.2) is 11.5 Å². The summed E-state index contributed by atoms with van der Waals surface area (Å²) in [6.07, 6.45) is 13.9. The van der Waals surface area contributed by atoms with Crippen molar-refractivity contribution in [2.24, 2.45) is 0 Å². The summed E-state index contributed by atoms with van der Waals surface area (Å²) in [5.74, 6) is 1.82. The Morgan fingerprint density at radius 2 is 1.44 bits per heavy atom. The van der Waals surface area contributed by atoms with Gasteiger partial charge in [0, 0.05) is 18.5 Å². The molecule has 0 N–H and O–H groups in total. The first-order valence-corrected chi connectivity index (χ1v) is 10.7. The lowest BCUT2D eigenvalue weighted by molar-refractivity contribution is -0.138. The van der Waals surface area contributed by atoms with Crippen molar-refractivity contribution in [1.82, 2.24) is 4.90 Å². The second-order valence-electron chi connectivity index (χ2n) is 8.07. The Kier molecular flexibility index (Phi) is 7.42. The molecule has 0 atom stereocenters. The predicted molar refractivity (Wildman–Crippen MR) is 108 cm³/mol. The van der Waals surface area contributed by atoms with E-state index in [1.807, 2.05) is 18.2 Å². The summed E-state index contributed by atoms with van der Waals surface area (Å²) in [7, 11) is 3.30. The van der Waals surface area contributed by atoms with Crippen LogP contribution in [0.25, 0.3) is 0 Å². The lowest BCUT2D eigenvalue weighted by atomic mass is 9.88. The maximum absolute atomic E-state index is 13.3. The molecule has 3 rings (SSSR count). The zero-order valence-corrected chi connectivity index (χ0v) is 17.0. The second-order valence-corrected chi connectivity index (χ2v) is 8.07. The van der Waals surface area contributed by atoms with E-state index >= 15 is 0 Å². The van der Waals surface area contributed by atoms with E-state index in [2.05, 4.69) is 4.90 Å². The van der Waals surface area contributed by atoms with E-state index in [9.17, 15) is 4.79 Å². The molecule has 2 aliphatic rings. The summed E-state index contributed by atoms with van der Waals surface area (Å²) in [6, 6.07) is 6.91. The van der Waals surface area contributed by atoms with Crippen molar-refractivity contribution in [3.63, 3.8) is 0 Å². The number of methoxy groups -OCH3 is 2. The molecule has 0 aliphatic heterocycles. The van der Waals surface area contributed by atoms with Gasteiger partial charge in [-0.05, 0) is 49.8 Å². The van der Waals surface area contributed by atoms with Crippen LogP contribution in [-0.4, -0.2) is 37.1 Å². The standard InChI is InChI=1S/C23H35NO3/c1-26-21-15-13-18(17-22(21)27-2)14-16-23(25)24(19-9-5-3-6-10-19)20-11-7-4-8-12-20/h13,15,17,19-20H,3-12,14,16H2,1-2H3. The van der Waals surface area contributed by atoms with Gasteiger partial charge in [-0.25, -0.2) is 0 Å². The summed E-state index contributed by atoms with van der Waals surface area (Å²) in [5.41, 5.74) is 1.13. The second kappa shape index (κ2) is 10.0. The van der Waals surface area contributed by atoms with E-state index in [4.69, 9.17) is 9.47 Å². The first-order chi connectivity index (χ1) is 13.2. The minimum atomic E-state index is 0.351. The van der Waals surface area contributed by atoms with Gasteiger partial charge >= 0.3 is 0 Å². The van der Waals surface area contributed by atoms with Crippen LogP contribution in [0.15, 0.2) is 18.2 Å². The Labute approximate surface area is 164 Å². The van der Waals surface area contributed by atoms with Gasteiger partial charge in [0.05, 0.1) is 14.2 Å². The van der Waals surface area contributed by atoms with Gasteiger partial charge in [0.2, 0.25) is 5.91 Å². The van der Waals surface area contributed by atoms with Crippen molar-refractivity contribution in [2.45, 2.75) is 89.1 Å². The molecule has 0 saturated heterocycles. The van der Waals surface area contributed by atoms with E-state index in [0.717, 1.165) is 23.5 Å². The normalized spacial score (nSPS) is 18.9. The molecule has 2 saturated carbocycles. The first-order valence-electron chi connectivity index (χ1n) is 10.7. The van der Waals surface area contributed by atoms with E-state index in [-0.39, 0.29) is 0 Å². The van der Waals surface area contributed by atoms with Gasteiger partial charge in [-0.1, -0.05) is 44.6 Å². The molecule has 2 fully saturated rings. The maximum atomic E-state index is 13.3. The molecule has 0 unspecified atom stereocenters. The van der Waals surface area contributed by atoms with Gasteiger partial charge in [-0.15, -0.1) is 0 Å². The molecule has 4 heteroatoms. The third-order valence-electron chi connectivity index (χ3n) is 6.30. The molecule has 0 bridgehead atoms. The zero-order valence-electron chi connectivity index (χ0n) is 17.0. The van der Waals surface area contributed by atoms with Crippen molar-refractivity contribution >= 4 is 5.91 Å². The Bertz CT molecular complexity index is 586. The van der Waals surface area contributed by atoms with Gasteiger partial charge in [0.1, 0.15) is 0 Å². The van der Waals surface area contributed by atoms with Crippen molar-refractivity contribution in [1.29, 1.82) is 0 Å². The van der Waals surface area contributed by atoms with Crippen LogP contribution in [0, 0.1) is 0 Å². The molecule has 1 amide bonds. The summed E-state index contributed by atoms with van der Waals surface area (Å²) >= 11 is 0. The SMILES string of the molecule is COc1ccc(CCC(=O)N(C2CCCCC2)C2CCCCC2)cc1OC. The molecule has 0 aromatic heterocycles. The molecule has 27 heavy (non-hydrogen) atoms. The maximum Gasteiger partial charge on any atom is 0.223 e. The molecule has 1 aromatic carbocycles. The third kappa shape index (κ3) is 5.18. The number of carbonyl (C=O) groups is 1. The van der Waals surface area contributed by atoms with E-state index in [0.29, 0.717) is 24.4 Å². The van der Waals surface area contributed by atoms with Gasteiger partial charge in [-0.2, -0.15) is 0 Å². The van der Waals surface area contributed by atoms with Crippen LogP contribution in [0.2, 0.25) is 0 Å². The van der Waals surface area contributed by atoms with Crippen LogP contribution < -0.4 is 9.47 Å². The quantitative estimate of drug-likeness (QED) is 0.665. The number of hydrogen-bond acceptors (Lipinski definition) is 3. The highest BCUT2D eigenvalue weighted by atomic mass is 16.5. The monoisotopic (exact) mass is 373 g/mol. The average Bonchev–Trinajstić information content (AvgIpc) is 2.73. The molecule has 4 nitrogen and oxygen atoms in total. The van der Waals surface area contributed by atoms with Crippen molar-refractivity contribution in [3.05, 3.63) is 23.8 Å². The highest BCUT2D eigenvalue weighted by Crippen LogP contribution is 2.32. The fourth-order valence-electron chi connectivity index (χ4n) is 4.84. The summed E-state index contributed by atoms with van der Waals surface area (Å²) in [4.78, 5) is 15.6. The number of aryl methyl sites for hydroxylation is 1. The molecule has 0 heterocycles. The van der Waals surface area contributed by atoms with Crippen LogP contribution in [0.3, 0.4) is 0 Å². The fraction of sp³-hybridized carbons (Fsp3) is 0.696. The number of benzene rings is 1. The highest BCUT2D eigenvalue weighted by Gasteiger charge is 2.32. The van der Waals surface area contributed by atoms with Crippen molar-refractivity contribution in [2.75, 3.05) is 14.2 Å². The highest BCUT2D eigenvalue weighted by molar-refractivity contribution is 5.77. The summed E-state index contributed by atoms with van der Waals surface area (Å²) in [5, 5.41) is 0. The van der Waals surface area contributed by atoms with Gasteiger partial charge < -0.3 is 14.4 Å². The molecule has 0 spiro atoms. The molecular formula is C23H35NO3. The molecule has 150 valence electrons. The molecule has 1 aromatic rings. The molecule has 2 aliphatic carbocycles. The number of amides is 1. The zero-order chi connectivity index (χ0) is 19.1. The lowest BCUT2D eigenvalue weighted by Gasteiger charge is -2.42. The Balaban J connectivity index is 1.66. The summed E-state index contributed by atoms with van der Waals surface area (Å²) in [6.45, 7) is 0. The smallest absolute Gasteiger partial charge is 0.223 e. The first kappa shape index (κ1) is 20.0. The van der Waals surface area contributed by atoms with E-state index in [1.165, 1.54) is 64.2 Å². The molecule has 0 radical (unpaired) electrons. The Morgan fingerprint density at radius 3 is 1.96 bits per heavy atom. The van der Waals surface area contributed by atoms with Crippen LogP contribution in [0.4, 0.5) is 0 Å². The minimum Gasteiger partial charge on any atom is -0.493 e. The number of rotatable bonds is 7. The van der Waals surface area contributed by atoms with E-state index in [1.54, 1.807) is 14.2 Å². The van der Waals surface area contributed by atoms with Gasteiger partial charge in [0.25, 0.3) is 0 Å². The molecular weight excluding hydrogens is 338 g/mol. The third-order valence-corrected chi connectivity index (χ3v) is 6.30. The number of carbonyl (C=O) groups excluding carboxylic acids is 1. The Morgan fingerprint density at radius 1 is 0.889 bits per heavy atom. The predicted octanol–water partition coefficient (Wildman–Crippen LogP) is 5.13. The number of ether oxygens (including phenoxy) is 2. The van der Waals surface area contributed by atoms with Crippen molar-refractivity contribution in [3.8, 4) is 11.5 Å². The fourth-order valence-corrected chi connectivity index (χ4v) is 4.84. The minimum absolute atomic E-state index is 0.351. The van der Waals surface area contributed by atoms with E-state index < -0.39 is 0 Å².